The van der Waals surface area contributed by atoms with E-state index in [2.05, 4.69) is 25.8 Å². The molecule has 1 rings (SSSR count). The van der Waals surface area contributed by atoms with Crippen molar-refractivity contribution in [2.24, 2.45) is 0 Å². The van der Waals surface area contributed by atoms with Gasteiger partial charge in [0.15, 0.2) is 0 Å². The summed E-state index contributed by atoms with van der Waals surface area (Å²) in [6.45, 7) is 6.17. The first-order valence-corrected chi connectivity index (χ1v) is 5.87. The highest BCUT2D eigenvalue weighted by atomic mass is 32.2. The van der Waals surface area contributed by atoms with Gasteiger partial charge in [-0.1, -0.05) is 20.8 Å². The lowest BCUT2D eigenvalue weighted by atomic mass is 9.91. The van der Waals surface area contributed by atoms with Crippen LogP contribution in [0.25, 0.3) is 0 Å². The molecule has 1 aromatic rings. The SMILES string of the molecule is CSc1nc(C(C)(C)C)ccc1C(=O)O. The van der Waals surface area contributed by atoms with Crippen LogP contribution in [-0.4, -0.2) is 22.3 Å². The van der Waals surface area contributed by atoms with Gasteiger partial charge < -0.3 is 5.11 Å². The van der Waals surface area contributed by atoms with E-state index < -0.39 is 5.97 Å². The summed E-state index contributed by atoms with van der Waals surface area (Å²) in [6.07, 6.45) is 1.83. The minimum Gasteiger partial charge on any atom is -0.478 e. The number of nitrogens with zero attached hydrogens (tertiary/aromatic N) is 1. The highest BCUT2D eigenvalue weighted by Gasteiger charge is 2.19. The molecule has 0 aliphatic heterocycles. The summed E-state index contributed by atoms with van der Waals surface area (Å²) in [6, 6.07) is 3.41. The molecule has 0 unspecified atom stereocenters. The van der Waals surface area contributed by atoms with Crippen molar-refractivity contribution in [3.63, 3.8) is 0 Å². The van der Waals surface area contributed by atoms with Crippen LogP contribution in [0.4, 0.5) is 0 Å². The Morgan fingerprint density at radius 2 is 2.00 bits per heavy atom. The first-order chi connectivity index (χ1) is 6.86. The van der Waals surface area contributed by atoms with Gasteiger partial charge in [-0.25, -0.2) is 9.78 Å². The molecule has 1 heterocycles. The second-order valence-corrected chi connectivity index (χ2v) is 5.10. The predicted octanol–water partition coefficient (Wildman–Crippen LogP) is 2.80. The summed E-state index contributed by atoms with van der Waals surface area (Å²) in [7, 11) is 0. The molecule has 1 aromatic heterocycles. The Balaban J connectivity index is 3.25. The second-order valence-electron chi connectivity index (χ2n) is 4.31. The fourth-order valence-electron chi connectivity index (χ4n) is 1.18. The zero-order valence-corrected chi connectivity index (χ0v) is 10.2. The molecule has 0 spiro atoms. The van der Waals surface area contributed by atoms with E-state index in [-0.39, 0.29) is 11.0 Å². The molecule has 3 nitrogen and oxygen atoms in total. The quantitative estimate of drug-likeness (QED) is 0.786. The number of rotatable bonds is 2. The molecule has 0 aromatic carbocycles. The zero-order chi connectivity index (χ0) is 11.6. The van der Waals surface area contributed by atoms with E-state index in [1.165, 1.54) is 11.8 Å². The highest BCUT2D eigenvalue weighted by molar-refractivity contribution is 7.98. The molecule has 0 saturated heterocycles. The van der Waals surface area contributed by atoms with Gasteiger partial charge in [-0.3, -0.25) is 0 Å². The van der Waals surface area contributed by atoms with E-state index >= 15 is 0 Å². The molecule has 15 heavy (non-hydrogen) atoms. The molecule has 0 aliphatic carbocycles. The number of carboxylic acids is 1. The minimum absolute atomic E-state index is 0.0541. The van der Waals surface area contributed by atoms with Crippen LogP contribution in [0.15, 0.2) is 17.2 Å². The maximum Gasteiger partial charge on any atom is 0.338 e. The van der Waals surface area contributed by atoms with Crippen LogP contribution in [0.3, 0.4) is 0 Å². The molecule has 0 bridgehead atoms. The largest absolute Gasteiger partial charge is 0.478 e. The van der Waals surface area contributed by atoms with Crippen molar-refractivity contribution in [2.75, 3.05) is 6.26 Å². The molecule has 0 amide bonds. The molecule has 1 N–H and O–H groups in total. The molecular weight excluding hydrogens is 210 g/mol. The maximum absolute atomic E-state index is 10.9. The van der Waals surface area contributed by atoms with Gasteiger partial charge in [0.2, 0.25) is 0 Å². The molecule has 82 valence electrons. The highest BCUT2D eigenvalue weighted by Crippen LogP contribution is 2.25. The Morgan fingerprint density at radius 1 is 1.40 bits per heavy atom. The van der Waals surface area contributed by atoms with Crippen molar-refractivity contribution >= 4 is 17.7 Å². The van der Waals surface area contributed by atoms with Crippen LogP contribution in [0.1, 0.15) is 36.8 Å². The third kappa shape index (κ3) is 2.72. The summed E-state index contributed by atoms with van der Waals surface area (Å²) in [5.74, 6) is -0.924. The summed E-state index contributed by atoms with van der Waals surface area (Å²) < 4.78 is 0. The van der Waals surface area contributed by atoms with Gasteiger partial charge in [0, 0.05) is 11.1 Å². The topological polar surface area (TPSA) is 50.2 Å². The normalized spacial score (nSPS) is 11.5. The van der Waals surface area contributed by atoms with Crippen molar-refractivity contribution < 1.29 is 9.90 Å². The van der Waals surface area contributed by atoms with E-state index in [1.54, 1.807) is 12.1 Å². The van der Waals surface area contributed by atoms with Gasteiger partial charge in [-0.15, -0.1) is 11.8 Å². The maximum atomic E-state index is 10.9. The van der Waals surface area contributed by atoms with Crippen LogP contribution in [0.5, 0.6) is 0 Å². The summed E-state index contributed by atoms with van der Waals surface area (Å²) in [4.78, 5) is 15.3. The standard InChI is InChI=1S/C11H15NO2S/c1-11(2,3)8-6-5-7(10(13)14)9(12-8)15-4/h5-6H,1-4H3,(H,13,14). The van der Waals surface area contributed by atoms with Crippen LogP contribution in [0.2, 0.25) is 0 Å². The number of thioether (sulfide) groups is 1. The number of hydrogen-bond acceptors (Lipinski definition) is 3. The average Bonchev–Trinajstić information content (AvgIpc) is 2.15. The fraction of sp³-hybridized carbons (Fsp3) is 0.455. The first kappa shape index (κ1) is 12.0. The summed E-state index contributed by atoms with van der Waals surface area (Å²) in [5, 5.41) is 9.52. The third-order valence-corrected chi connectivity index (χ3v) is 2.75. The minimum atomic E-state index is -0.924. The number of carbonyl (C=O) groups is 1. The lowest BCUT2D eigenvalue weighted by Gasteiger charge is -2.18. The number of aromatic carboxylic acids is 1. The van der Waals surface area contributed by atoms with Gasteiger partial charge in [0.25, 0.3) is 0 Å². The first-order valence-electron chi connectivity index (χ1n) is 4.65. The van der Waals surface area contributed by atoms with Gasteiger partial charge in [-0.2, -0.15) is 0 Å². The van der Waals surface area contributed by atoms with Gasteiger partial charge >= 0.3 is 5.97 Å². The Morgan fingerprint density at radius 3 is 2.40 bits per heavy atom. The smallest absolute Gasteiger partial charge is 0.338 e. The molecule has 0 saturated carbocycles. The van der Waals surface area contributed by atoms with Crippen LogP contribution in [0, 0.1) is 0 Å². The summed E-state index contributed by atoms with van der Waals surface area (Å²) >= 11 is 1.36. The van der Waals surface area contributed by atoms with Crippen molar-refractivity contribution in [1.29, 1.82) is 0 Å². The zero-order valence-electron chi connectivity index (χ0n) is 9.37. The van der Waals surface area contributed by atoms with E-state index in [1.807, 2.05) is 6.26 Å². The van der Waals surface area contributed by atoms with Crippen molar-refractivity contribution in [2.45, 2.75) is 31.2 Å². The van der Waals surface area contributed by atoms with Gasteiger partial charge in [0.05, 0.1) is 5.56 Å². The Labute approximate surface area is 93.9 Å². The Bertz CT molecular complexity index is 383. The second kappa shape index (κ2) is 4.23. The van der Waals surface area contributed by atoms with Crippen molar-refractivity contribution in [3.8, 4) is 0 Å². The molecular formula is C11H15NO2S. The van der Waals surface area contributed by atoms with E-state index in [0.29, 0.717) is 5.03 Å². The van der Waals surface area contributed by atoms with E-state index in [0.717, 1.165) is 5.69 Å². The van der Waals surface area contributed by atoms with Crippen molar-refractivity contribution in [3.05, 3.63) is 23.4 Å². The summed E-state index contributed by atoms with van der Waals surface area (Å²) in [5.41, 5.74) is 1.13. The number of carboxylic acid groups (broad SMARTS) is 1. The molecule has 0 fully saturated rings. The Kier molecular flexibility index (Phi) is 3.39. The van der Waals surface area contributed by atoms with Gasteiger partial charge in [0.1, 0.15) is 5.03 Å². The number of hydrogen-bond donors (Lipinski definition) is 1. The van der Waals surface area contributed by atoms with Gasteiger partial charge in [-0.05, 0) is 18.4 Å². The lowest BCUT2D eigenvalue weighted by Crippen LogP contribution is -2.15. The molecule has 0 aliphatic rings. The van der Waals surface area contributed by atoms with Crippen LogP contribution >= 0.6 is 11.8 Å². The van der Waals surface area contributed by atoms with Crippen LogP contribution in [-0.2, 0) is 5.41 Å². The van der Waals surface area contributed by atoms with E-state index in [9.17, 15) is 4.79 Å². The number of aromatic nitrogens is 1. The predicted molar refractivity (Wildman–Crippen MR) is 61.7 cm³/mol. The molecule has 4 heteroatoms. The van der Waals surface area contributed by atoms with Crippen LogP contribution < -0.4 is 0 Å². The monoisotopic (exact) mass is 225 g/mol. The molecule has 0 atom stereocenters. The average molecular weight is 225 g/mol. The number of pyridine rings is 1. The fourth-order valence-corrected chi connectivity index (χ4v) is 1.74. The molecule has 0 radical (unpaired) electrons. The lowest BCUT2D eigenvalue weighted by molar-refractivity contribution is 0.0692. The van der Waals surface area contributed by atoms with Crippen molar-refractivity contribution in [1.82, 2.24) is 4.98 Å². The Hall–Kier alpha value is -1.03. The third-order valence-electron chi connectivity index (χ3n) is 2.05. The van der Waals surface area contributed by atoms with E-state index in [4.69, 9.17) is 5.11 Å².